The van der Waals surface area contributed by atoms with Gasteiger partial charge in [0, 0.05) is 6.54 Å². The maximum atomic E-state index is 5.66. The van der Waals surface area contributed by atoms with Crippen molar-refractivity contribution in [1.29, 1.82) is 0 Å². The number of nitrogens with zero attached hydrogens (tertiary/aromatic N) is 1. The molecule has 0 aliphatic heterocycles. The van der Waals surface area contributed by atoms with Gasteiger partial charge in [0.1, 0.15) is 12.4 Å². The second kappa shape index (κ2) is 6.46. The third kappa shape index (κ3) is 4.84. The molecule has 84 valence electrons. The number of aryl methyl sites for hydroxylation is 1. The lowest BCUT2D eigenvalue weighted by Gasteiger charge is -2.11. The zero-order chi connectivity index (χ0) is 11.1. The molecular weight excluding hydrogens is 186 g/mol. The van der Waals surface area contributed by atoms with Crippen LogP contribution in [0.15, 0.2) is 24.3 Å². The zero-order valence-corrected chi connectivity index (χ0v) is 9.99. The highest BCUT2D eigenvalue weighted by Crippen LogP contribution is 2.14. The Morgan fingerprint density at radius 1 is 1.27 bits per heavy atom. The first kappa shape index (κ1) is 12.1. The van der Waals surface area contributed by atoms with Crippen molar-refractivity contribution >= 4 is 0 Å². The first-order valence-corrected chi connectivity index (χ1v) is 5.59. The molecule has 0 bridgehead atoms. The van der Waals surface area contributed by atoms with Gasteiger partial charge in [0.15, 0.2) is 0 Å². The smallest absolute Gasteiger partial charge is 0.119 e. The molecule has 0 fully saturated rings. The SMILES string of the molecule is CCCc1cccc(OCCN(C)C)c1. The van der Waals surface area contributed by atoms with Crippen molar-refractivity contribution in [2.45, 2.75) is 19.8 Å². The average molecular weight is 207 g/mol. The molecule has 0 heterocycles. The number of likely N-dealkylation sites (N-methyl/N-ethyl adjacent to an activating group) is 1. The lowest BCUT2D eigenvalue weighted by atomic mass is 10.1. The summed E-state index contributed by atoms with van der Waals surface area (Å²) in [4.78, 5) is 2.12. The quantitative estimate of drug-likeness (QED) is 0.711. The summed E-state index contributed by atoms with van der Waals surface area (Å²) in [6.45, 7) is 3.90. The van der Waals surface area contributed by atoms with Crippen molar-refractivity contribution in [1.82, 2.24) is 4.90 Å². The number of benzene rings is 1. The summed E-state index contributed by atoms with van der Waals surface area (Å²) in [7, 11) is 4.10. The fourth-order valence-electron chi connectivity index (χ4n) is 1.43. The fourth-order valence-corrected chi connectivity index (χ4v) is 1.43. The number of hydrogen-bond acceptors (Lipinski definition) is 2. The lowest BCUT2D eigenvalue weighted by Crippen LogP contribution is -2.19. The van der Waals surface area contributed by atoms with Crippen LogP contribution in [0.5, 0.6) is 5.75 Å². The lowest BCUT2D eigenvalue weighted by molar-refractivity contribution is 0.261. The molecule has 0 radical (unpaired) electrons. The summed E-state index contributed by atoms with van der Waals surface area (Å²) < 4.78 is 5.66. The third-order valence-corrected chi connectivity index (χ3v) is 2.24. The van der Waals surface area contributed by atoms with Gasteiger partial charge in [-0.1, -0.05) is 25.5 Å². The van der Waals surface area contributed by atoms with E-state index in [0.29, 0.717) is 0 Å². The van der Waals surface area contributed by atoms with Crippen molar-refractivity contribution in [3.05, 3.63) is 29.8 Å². The molecule has 0 aliphatic rings. The minimum atomic E-state index is 0.753. The Morgan fingerprint density at radius 3 is 2.73 bits per heavy atom. The molecule has 0 saturated carbocycles. The van der Waals surface area contributed by atoms with Crippen LogP contribution >= 0.6 is 0 Å². The van der Waals surface area contributed by atoms with Crippen LogP contribution in [0.3, 0.4) is 0 Å². The van der Waals surface area contributed by atoms with E-state index in [2.05, 4.69) is 44.1 Å². The predicted octanol–water partition coefficient (Wildman–Crippen LogP) is 2.58. The molecule has 1 aromatic carbocycles. The van der Waals surface area contributed by atoms with E-state index in [-0.39, 0.29) is 0 Å². The van der Waals surface area contributed by atoms with E-state index in [1.165, 1.54) is 12.0 Å². The molecule has 0 saturated heterocycles. The van der Waals surface area contributed by atoms with E-state index in [4.69, 9.17) is 4.74 Å². The monoisotopic (exact) mass is 207 g/mol. The molecule has 0 amide bonds. The predicted molar refractivity (Wildman–Crippen MR) is 64.5 cm³/mol. The highest BCUT2D eigenvalue weighted by molar-refractivity contribution is 5.28. The molecule has 0 N–H and O–H groups in total. The molecule has 15 heavy (non-hydrogen) atoms. The molecule has 0 aliphatic carbocycles. The summed E-state index contributed by atoms with van der Waals surface area (Å²) in [6.07, 6.45) is 2.31. The minimum Gasteiger partial charge on any atom is -0.492 e. The van der Waals surface area contributed by atoms with Gasteiger partial charge in [0.05, 0.1) is 0 Å². The van der Waals surface area contributed by atoms with Crippen LogP contribution in [-0.4, -0.2) is 32.1 Å². The third-order valence-electron chi connectivity index (χ3n) is 2.24. The Labute approximate surface area is 92.9 Å². The maximum absolute atomic E-state index is 5.66. The molecule has 0 atom stereocenters. The van der Waals surface area contributed by atoms with Gasteiger partial charge in [-0.25, -0.2) is 0 Å². The largest absolute Gasteiger partial charge is 0.492 e. The Morgan fingerprint density at radius 2 is 2.07 bits per heavy atom. The summed E-state index contributed by atoms with van der Waals surface area (Å²) in [5.74, 6) is 0.989. The van der Waals surface area contributed by atoms with E-state index in [1.54, 1.807) is 0 Å². The summed E-state index contributed by atoms with van der Waals surface area (Å²) in [5, 5.41) is 0. The van der Waals surface area contributed by atoms with Crippen molar-refractivity contribution in [2.75, 3.05) is 27.2 Å². The van der Waals surface area contributed by atoms with Crippen LogP contribution in [0.25, 0.3) is 0 Å². The van der Waals surface area contributed by atoms with Gasteiger partial charge in [0.25, 0.3) is 0 Å². The van der Waals surface area contributed by atoms with Gasteiger partial charge < -0.3 is 9.64 Å². The van der Waals surface area contributed by atoms with Crippen molar-refractivity contribution < 1.29 is 4.74 Å². The first-order chi connectivity index (χ1) is 7.22. The molecule has 0 aromatic heterocycles. The van der Waals surface area contributed by atoms with E-state index >= 15 is 0 Å². The summed E-state index contributed by atoms with van der Waals surface area (Å²) >= 11 is 0. The topological polar surface area (TPSA) is 12.5 Å². The maximum Gasteiger partial charge on any atom is 0.119 e. The second-order valence-electron chi connectivity index (χ2n) is 4.05. The second-order valence-corrected chi connectivity index (χ2v) is 4.05. The Hall–Kier alpha value is -1.02. The van der Waals surface area contributed by atoms with Gasteiger partial charge in [0.2, 0.25) is 0 Å². The van der Waals surface area contributed by atoms with E-state index < -0.39 is 0 Å². The number of ether oxygens (including phenoxy) is 1. The van der Waals surface area contributed by atoms with Crippen LogP contribution in [-0.2, 0) is 6.42 Å². The van der Waals surface area contributed by atoms with Crippen LogP contribution in [0.1, 0.15) is 18.9 Å². The Balaban J connectivity index is 2.43. The molecular formula is C13H21NO. The molecule has 1 aromatic rings. The highest BCUT2D eigenvalue weighted by atomic mass is 16.5. The van der Waals surface area contributed by atoms with Crippen molar-refractivity contribution in [3.8, 4) is 5.75 Å². The molecule has 1 rings (SSSR count). The molecule has 2 heteroatoms. The fraction of sp³-hybridized carbons (Fsp3) is 0.538. The number of hydrogen-bond donors (Lipinski definition) is 0. The van der Waals surface area contributed by atoms with Gasteiger partial charge in [-0.05, 0) is 38.2 Å². The number of rotatable bonds is 6. The average Bonchev–Trinajstić information content (AvgIpc) is 2.18. The molecule has 2 nitrogen and oxygen atoms in total. The summed E-state index contributed by atoms with van der Waals surface area (Å²) in [6, 6.07) is 8.38. The van der Waals surface area contributed by atoms with Crippen LogP contribution < -0.4 is 4.74 Å². The van der Waals surface area contributed by atoms with Gasteiger partial charge in [-0.15, -0.1) is 0 Å². The van der Waals surface area contributed by atoms with E-state index in [1.807, 2.05) is 6.07 Å². The van der Waals surface area contributed by atoms with Crippen LogP contribution in [0.2, 0.25) is 0 Å². The Bertz CT molecular complexity index is 284. The standard InChI is InChI=1S/C13H21NO/c1-4-6-12-7-5-8-13(11-12)15-10-9-14(2)3/h5,7-8,11H,4,6,9-10H2,1-3H3. The molecule has 0 spiro atoms. The van der Waals surface area contributed by atoms with Gasteiger partial charge >= 0.3 is 0 Å². The summed E-state index contributed by atoms with van der Waals surface area (Å²) in [5.41, 5.74) is 1.36. The first-order valence-electron chi connectivity index (χ1n) is 5.59. The Kier molecular flexibility index (Phi) is 5.19. The van der Waals surface area contributed by atoms with Crippen molar-refractivity contribution in [2.24, 2.45) is 0 Å². The van der Waals surface area contributed by atoms with Gasteiger partial charge in [-0.3, -0.25) is 0 Å². The highest BCUT2D eigenvalue weighted by Gasteiger charge is 1.96. The van der Waals surface area contributed by atoms with Crippen LogP contribution in [0.4, 0.5) is 0 Å². The van der Waals surface area contributed by atoms with Crippen molar-refractivity contribution in [3.63, 3.8) is 0 Å². The zero-order valence-electron chi connectivity index (χ0n) is 9.99. The van der Waals surface area contributed by atoms with Crippen LogP contribution in [0, 0.1) is 0 Å². The normalized spacial score (nSPS) is 10.7. The van der Waals surface area contributed by atoms with E-state index in [0.717, 1.165) is 25.3 Å². The molecule has 0 unspecified atom stereocenters. The van der Waals surface area contributed by atoms with Gasteiger partial charge in [-0.2, -0.15) is 0 Å². The minimum absolute atomic E-state index is 0.753. The van der Waals surface area contributed by atoms with E-state index in [9.17, 15) is 0 Å².